The van der Waals surface area contributed by atoms with Crippen molar-refractivity contribution in [1.82, 2.24) is 15.0 Å². The van der Waals surface area contributed by atoms with Gasteiger partial charge in [0.2, 0.25) is 0 Å². The highest BCUT2D eigenvalue weighted by Crippen LogP contribution is 2.28. The van der Waals surface area contributed by atoms with Crippen LogP contribution in [0.3, 0.4) is 0 Å². The summed E-state index contributed by atoms with van der Waals surface area (Å²) in [5.74, 6) is 1.18. The average molecular weight is 430 g/mol. The molecule has 0 atom stereocenters. The maximum atomic E-state index is 6.27. The molecule has 21 heavy (non-hydrogen) atoms. The van der Waals surface area contributed by atoms with E-state index in [1.54, 1.807) is 11.3 Å². The molecule has 3 heterocycles. The van der Waals surface area contributed by atoms with Crippen LogP contribution in [0.1, 0.15) is 19.5 Å². The third kappa shape index (κ3) is 3.19. The summed E-state index contributed by atoms with van der Waals surface area (Å²) in [6, 6.07) is 4.08. The van der Waals surface area contributed by atoms with E-state index in [-0.39, 0.29) is 0 Å². The number of pyridine rings is 1. The van der Waals surface area contributed by atoms with Gasteiger partial charge in [-0.15, -0.1) is 11.3 Å². The molecule has 6 heteroatoms. The highest BCUT2D eigenvalue weighted by molar-refractivity contribution is 14.1. The number of hydrogen-bond acceptors (Lipinski definition) is 4. The average Bonchev–Trinajstić information content (AvgIpc) is 2.90. The first-order chi connectivity index (χ1) is 10.0. The standard InChI is InChI=1S/C15H13ClIN3S/c1-8(2)5-11-13(17)14(16)20-15(19-11)9-6-12-10(18-7-9)3-4-21-12/h3-4,6-8H,5H2,1-2H3. The molecule has 3 nitrogen and oxygen atoms in total. The molecule has 0 fully saturated rings. The Morgan fingerprint density at radius 1 is 1.33 bits per heavy atom. The quantitative estimate of drug-likeness (QED) is 0.424. The molecule has 0 spiro atoms. The third-order valence-corrected chi connectivity index (χ3v) is 5.62. The number of fused-ring (bicyclic) bond motifs is 1. The summed E-state index contributed by atoms with van der Waals surface area (Å²) < 4.78 is 2.08. The summed E-state index contributed by atoms with van der Waals surface area (Å²) in [5, 5.41) is 2.55. The van der Waals surface area contributed by atoms with E-state index in [0.717, 1.165) is 31.5 Å². The zero-order valence-electron chi connectivity index (χ0n) is 11.6. The van der Waals surface area contributed by atoms with E-state index in [1.807, 2.05) is 17.6 Å². The monoisotopic (exact) mass is 429 g/mol. The molecule has 3 aromatic heterocycles. The molecule has 3 rings (SSSR count). The lowest BCUT2D eigenvalue weighted by Crippen LogP contribution is -2.04. The lowest BCUT2D eigenvalue weighted by atomic mass is 10.1. The smallest absolute Gasteiger partial charge is 0.162 e. The SMILES string of the molecule is CC(C)Cc1nc(-c2cnc3ccsc3c2)nc(Cl)c1I. The minimum atomic E-state index is 0.516. The van der Waals surface area contributed by atoms with Crippen molar-refractivity contribution in [3.63, 3.8) is 0 Å². The lowest BCUT2D eigenvalue weighted by molar-refractivity contribution is 0.632. The first kappa shape index (κ1) is 15.1. The van der Waals surface area contributed by atoms with E-state index in [0.29, 0.717) is 16.9 Å². The molecule has 0 amide bonds. The fourth-order valence-electron chi connectivity index (χ4n) is 2.08. The van der Waals surface area contributed by atoms with Gasteiger partial charge in [0.1, 0.15) is 5.15 Å². The summed E-state index contributed by atoms with van der Waals surface area (Å²) in [6.45, 7) is 4.34. The number of aromatic nitrogens is 3. The highest BCUT2D eigenvalue weighted by atomic mass is 127. The van der Waals surface area contributed by atoms with Crippen molar-refractivity contribution in [2.24, 2.45) is 5.92 Å². The second-order valence-corrected chi connectivity index (χ2v) is 7.61. The molecule has 0 N–H and O–H groups in total. The number of thiophene rings is 1. The lowest BCUT2D eigenvalue weighted by Gasteiger charge is -2.10. The van der Waals surface area contributed by atoms with Gasteiger partial charge in [0.05, 0.1) is 19.5 Å². The van der Waals surface area contributed by atoms with Crippen LogP contribution in [0.25, 0.3) is 21.6 Å². The Kier molecular flexibility index (Phi) is 4.42. The van der Waals surface area contributed by atoms with E-state index >= 15 is 0 Å². The van der Waals surface area contributed by atoms with Gasteiger partial charge in [-0.25, -0.2) is 9.97 Å². The van der Waals surface area contributed by atoms with Gasteiger partial charge in [-0.2, -0.15) is 0 Å². The summed E-state index contributed by atoms with van der Waals surface area (Å²) in [6.07, 6.45) is 2.70. The number of halogens is 2. The van der Waals surface area contributed by atoms with Gasteiger partial charge in [0.25, 0.3) is 0 Å². The molecule has 0 aliphatic heterocycles. The Hall–Kier alpha value is -0.790. The summed E-state index contributed by atoms with van der Waals surface area (Å²) >= 11 is 10.2. The fourth-order valence-corrected chi connectivity index (χ4v) is 3.51. The van der Waals surface area contributed by atoms with Crippen molar-refractivity contribution in [3.05, 3.63) is 38.1 Å². The fraction of sp³-hybridized carbons (Fsp3) is 0.267. The van der Waals surface area contributed by atoms with Crippen LogP contribution in [-0.2, 0) is 6.42 Å². The predicted molar refractivity (Wildman–Crippen MR) is 96.9 cm³/mol. The summed E-state index contributed by atoms with van der Waals surface area (Å²) in [4.78, 5) is 13.6. The van der Waals surface area contributed by atoms with Crippen LogP contribution >= 0.6 is 45.5 Å². The minimum absolute atomic E-state index is 0.516. The first-order valence-electron chi connectivity index (χ1n) is 6.60. The molecular formula is C15H13ClIN3S. The van der Waals surface area contributed by atoms with Gasteiger partial charge in [-0.05, 0) is 52.4 Å². The van der Waals surface area contributed by atoms with Crippen LogP contribution in [0.5, 0.6) is 0 Å². The second-order valence-electron chi connectivity index (χ2n) is 5.22. The van der Waals surface area contributed by atoms with E-state index in [2.05, 4.69) is 52.5 Å². The molecule has 0 aliphatic rings. The Labute approximate surface area is 145 Å². The predicted octanol–water partition coefficient (Wildman–Crippen LogP) is 5.21. The van der Waals surface area contributed by atoms with Crippen LogP contribution in [0.2, 0.25) is 5.15 Å². The van der Waals surface area contributed by atoms with Crippen molar-refractivity contribution < 1.29 is 0 Å². The molecule has 0 bridgehead atoms. The maximum absolute atomic E-state index is 6.27. The molecular weight excluding hydrogens is 417 g/mol. The van der Waals surface area contributed by atoms with Gasteiger partial charge in [0.15, 0.2) is 5.82 Å². The summed E-state index contributed by atoms with van der Waals surface area (Å²) in [7, 11) is 0. The van der Waals surface area contributed by atoms with Crippen LogP contribution < -0.4 is 0 Å². The topological polar surface area (TPSA) is 38.7 Å². The first-order valence-corrected chi connectivity index (χ1v) is 8.93. The van der Waals surface area contributed by atoms with Crippen LogP contribution in [0.4, 0.5) is 0 Å². The van der Waals surface area contributed by atoms with Crippen LogP contribution in [0, 0.1) is 9.49 Å². The van der Waals surface area contributed by atoms with Crippen LogP contribution in [-0.4, -0.2) is 15.0 Å². The molecule has 0 aromatic carbocycles. The zero-order chi connectivity index (χ0) is 15.0. The van der Waals surface area contributed by atoms with Crippen molar-refractivity contribution in [3.8, 4) is 11.4 Å². The van der Waals surface area contributed by atoms with Crippen molar-refractivity contribution in [2.45, 2.75) is 20.3 Å². The molecule has 108 valence electrons. The van der Waals surface area contributed by atoms with Crippen molar-refractivity contribution in [1.29, 1.82) is 0 Å². The van der Waals surface area contributed by atoms with E-state index < -0.39 is 0 Å². The third-order valence-electron chi connectivity index (χ3n) is 3.04. The zero-order valence-corrected chi connectivity index (χ0v) is 15.3. The van der Waals surface area contributed by atoms with Gasteiger partial charge >= 0.3 is 0 Å². The van der Waals surface area contributed by atoms with Gasteiger partial charge < -0.3 is 0 Å². The van der Waals surface area contributed by atoms with Gasteiger partial charge in [-0.1, -0.05) is 25.4 Å². The van der Waals surface area contributed by atoms with Crippen molar-refractivity contribution >= 4 is 55.7 Å². The van der Waals surface area contributed by atoms with Crippen LogP contribution in [0.15, 0.2) is 23.7 Å². The number of nitrogens with zero attached hydrogens (tertiary/aromatic N) is 3. The molecule has 0 radical (unpaired) electrons. The van der Waals surface area contributed by atoms with Crippen molar-refractivity contribution in [2.75, 3.05) is 0 Å². The largest absolute Gasteiger partial charge is 0.255 e. The van der Waals surface area contributed by atoms with E-state index in [1.165, 1.54) is 0 Å². The molecule has 0 unspecified atom stereocenters. The van der Waals surface area contributed by atoms with Gasteiger partial charge in [-0.3, -0.25) is 4.98 Å². The highest BCUT2D eigenvalue weighted by Gasteiger charge is 2.14. The Morgan fingerprint density at radius 2 is 2.14 bits per heavy atom. The Balaban J connectivity index is 2.10. The van der Waals surface area contributed by atoms with Gasteiger partial charge in [0, 0.05) is 11.8 Å². The number of rotatable bonds is 3. The minimum Gasteiger partial charge on any atom is -0.255 e. The van der Waals surface area contributed by atoms with E-state index in [4.69, 9.17) is 16.6 Å². The maximum Gasteiger partial charge on any atom is 0.162 e. The molecule has 0 aliphatic carbocycles. The number of hydrogen-bond donors (Lipinski definition) is 0. The molecule has 3 aromatic rings. The van der Waals surface area contributed by atoms with E-state index in [9.17, 15) is 0 Å². The Morgan fingerprint density at radius 3 is 2.90 bits per heavy atom. The summed E-state index contributed by atoms with van der Waals surface area (Å²) in [5.41, 5.74) is 2.92. The normalized spacial score (nSPS) is 11.5. The Bertz CT molecular complexity index is 801. The molecule has 0 saturated heterocycles. The molecule has 0 saturated carbocycles. The second kappa shape index (κ2) is 6.14.